The van der Waals surface area contributed by atoms with Crippen LogP contribution in [0, 0.1) is 0 Å². The van der Waals surface area contributed by atoms with Crippen molar-refractivity contribution in [2.45, 2.75) is 62.8 Å². The number of rotatable bonds is 1. The van der Waals surface area contributed by atoms with Crippen molar-refractivity contribution >= 4 is 12.4 Å². The van der Waals surface area contributed by atoms with Gasteiger partial charge < -0.3 is 5.11 Å². The molecule has 0 aromatic carbocycles. The predicted octanol–water partition coefficient (Wildman–Crippen LogP) is 1.56. The van der Waals surface area contributed by atoms with Crippen LogP contribution in [0.5, 0.6) is 0 Å². The molecule has 0 aromatic rings. The average Bonchev–Trinajstić information content (AvgIpc) is 2.80. The molecule has 13 heavy (non-hydrogen) atoms. The van der Waals surface area contributed by atoms with Crippen molar-refractivity contribution in [2.75, 3.05) is 0 Å². The third-order valence-corrected chi connectivity index (χ3v) is 3.73. The molecule has 2 heterocycles. The first-order valence-electron chi connectivity index (χ1n) is 5.30. The van der Waals surface area contributed by atoms with E-state index in [-0.39, 0.29) is 18.5 Å². The second-order valence-corrected chi connectivity index (χ2v) is 4.69. The molecule has 2 bridgehead atoms. The fourth-order valence-corrected chi connectivity index (χ4v) is 3.15. The van der Waals surface area contributed by atoms with Gasteiger partial charge in [0.1, 0.15) is 0 Å². The molecule has 0 spiro atoms. The van der Waals surface area contributed by atoms with Gasteiger partial charge in [-0.15, -0.1) is 12.4 Å². The molecule has 2 atom stereocenters. The summed E-state index contributed by atoms with van der Waals surface area (Å²) >= 11 is 0. The Bertz CT molecular complexity index is 181. The van der Waals surface area contributed by atoms with Crippen molar-refractivity contribution in [2.24, 2.45) is 0 Å². The minimum atomic E-state index is 0. The molecule has 3 heteroatoms. The molecule has 0 aromatic heterocycles. The highest BCUT2D eigenvalue weighted by Gasteiger charge is 2.46. The van der Waals surface area contributed by atoms with Crippen molar-refractivity contribution in [1.29, 1.82) is 0 Å². The molecule has 3 aliphatic rings. The van der Waals surface area contributed by atoms with Crippen molar-refractivity contribution in [3.8, 4) is 0 Å². The van der Waals surface area contributed by atoms with E-state index in [2.05, 4.69) is 4.90 Å². The summed E-state index contributed by atoms with van der Waals surface area (Å²) in [5.74, 6) is 0. The molecule has 0 amide bonds. The highest BCUT2D eigenvalue weighted by molar-refractivity contribution is 5.85. The number of aliphatic hydroxyl groups excluding tert-OH is 1. The van der Waals surface area contributed by atoms with E-state index < -0.39 is 0 Å². The number of fused-ring (bicyclic) bond motifs is 2. The lowest BCUT2D eigenvalue weighted by Gasteiger charge is -2.37. The Morgan fingerprint density at radius 2 is 1.31 bits per heavy atom. The fourth-order valence-electron chi connectivity index (χ4n) is 3.15. The van der Waals surface area contributed by atoms with Crippen LogP contribution in [0.15, 0.2) is 0 Å². The molecule has 1 aliphatic carbocycles. The van der Waals surface area contributed by atoms with Gasteiger partial charge in [-0.2, -0.15) is 0 Å². The fraction of sp³-hybridized carbons (Fsp3) is 1.00. The van der Waals surface area contributed by atoms with Crippen LogP contribution in [0.25, 0.3) is 0 Å². The second kappa shape index (κ2) is 3.41. The Morgan fingerprint density at radius 1 is 0.846 bits per heavy atom. The quantitative estimate of drug-likeness (QED) is 0.699. The first-order valence-corrected chi connectivity index (χ1v) is 5.30. The zero-order valence-electron chi connectivity index (χ0n) is 7.85. The van der Waals surface area contributed by atoms with Gasteiger partial charge in [-0.25, -0.2) is 0 Å². The highest BCUT2D eigenvalue weighted by atomic mass is 35.5. The number of hydrogen-bond donors (Lipinski definition) is 1. The third-order valence-electron chi connectivity index (χ3n) is 3.73. The largest absolute Gasteiger partial charge is 0.393 e. The molecule has 0 radical (unpaired) electrons. The molecule has 2 unspecified atom stereocenters. The van der Waals surface area contributed by atoms with Crippen LogP contribution < -0.4 is 0 Å². The van der Waals surface area contributed by atoms with E-state index in [0.29, 0.717) is 0 Å². The standard InChI is InChI=1S/C10H17NO.ClH/c12-10-5-8-3-4-9(6-10)11(8)7-1-2-7;/h7-10,12H,1-6H2;1H. The molecular weight excluding hydrogens is 186 g/mol. The Hall–Kier alpha value is 0.210. The lowest BCUT2D eigenvalue weighted by molar-refractivity contribution is 0.0309. The van der Waals surface area contributed by atoms with Gasteiger partial charge in [0.05, 0.1) is 6.10 Å². The summed E-state index contributed by atoms with van der Waals surface area (Å²) in [5, 5.41) is 9.58. The first-order chi connectivity index (χ1) is 5.84. The minimum absolute atomic E-state index is 0. The van der Waals surface area contributed by atoms with E-state index >= 15 is 0 Å². The lowest BCUT2D eigenvalue weighted by atomic mass is 10.00. The predicted molar refractivity (Wildman–Crippen MR) is 54.2 cm³/mol. The third kappa shape index (κ3) is 1.60. The molecule has 2 saturated heterocycles. The van der Waals surface area contributed by atoms with E-state index in [4.69, 9.17) is 0 Å². The van der Waals surface area contributed by atoms with E-state index in [9.17, 15) is 5.11 Å². The van der Waals surface area contributed by atoms with Crippen molar-refractivity contribution in [1.82, 2.24) is 4.90 Å². The average molecular weight is 204 g/mol. The number of nitrogens with zero attached hydrogens (tertiary/aromatic N) is 1. The smallest absolute Gasteiger partial charge is 0.0570 e. The van der Waals surface area contributed by atoms with Gasteiger partial charge in [0, 0.05) is 18.1 Å². The molecular formula is C10H18ClNO. The van der Waals surface area contributed by atoms with Gasteiger partial charge in [0.2, 0.25) is 0 Å². The minimum Gasteiger partial charge on any atom is -0.393 e. The molecule has 1 N–H and O–H groups in total. The topological polar surface area (TPSA) is 23.5 Å². The SMILES string of the molecule is Cl.OC1CC2CCC(C1)N2C1CC1. The van der Waals surface area contributed by atoms with Crippen molar-refractivity contribution in [3.63, 3.8) is 0 Å². The Labute approximate surface area is 85.7 Å². The first kappa shape index (κ1) is 9.75. The van der Waals surface area contributed by atoms with Crippen LogP contribution >= 0.6 is 12.4 Å². The number of piperidine rings is 1. The van der Waals surface area contributed by atoms with E-state index in [1.54, 1.807) is 0 Å². The Balaban J connectivity index is 0.000000653. The normalized spacial score (nSPS) is 44.5. The maximum absolute atomic E-state index is 9.58. The zero-order chi connectivity index (χ0) is 8.13. The van der Waals surface area contributed by atoms with E-state index in [1.807, 2.05) is 0 Å². The Morgan fingerprint density at radius 3 is 1.77 bits per heavy atom. The zero-order valence-corrected chi connectivity index (χ0v) is 8.67. The van der Waals surface area contributed by atoms with Crippen LogP contribution in [0.1, 0.15) is 38.5 Å². The van der Waals surface area contributed by atoms with Crippen LogP contribution in [-0.2, 0) is 0 Å². The summed E-state index contributed by atoms with van der Waals surface area (Å²) in [6.07, 6.45) is 7.64. The molecule has 3 fully saturated rings. The maximum Gasteiger partial charge on any atom is 0.0570 e. The summed E-state index contributed by atoms with van der Waals surface area (Å²) in [5.41, 5.74) is 0. The molecule has 2 nitrogen and oxygen atoms in total. The van der Waals surface area contributed by atoms with E-state index in [1.165, 1.54) is 25.7 Å². The van der Waals surface area contributed by atoms with Gasteiger partial charge >= 0.3 is 0 Å². The molecule has 2 aliphatic heterocycles. The van der Waals surface area contributed by atoms with Gasteiger partial charge in [0.15, 0.2) is 0 Å². The summed E-state index contributed by atoms with van der Waals surface area (Å²) in [7, 11) is 0. The molecule has 1 saturated carbocycles. The monoisotopic (exact) mass is 203 g/mol. The van der Waals surface area contributed by atoms with Gasteiger partial charge in [-0.3, -0.25) is 4.90 Å². The van der Waals surface area contributed by atoms with Crippen molar-refractivity contribution < 1.29 is 5.11 Å². The molecule has 3 rings (SSSR count). The van der Waals surface area contributed by atoms with Crippen LogP contribution in [0.4, 0.5) is 0 Å². The van der Waals surface area contributed by atoms with Crippen LogP contribution in [0.3, 0.4) is 0 Å². The number of halogens is 1. The Kier molecular flexibility index (Phi) is 2.56. The number of aliphatic hydroxyl groups is 1. The highest BCUT2D eigenvalue weighted by Crippen LogP contribution is 2.43. The lowest BCUT2D eigenvalue weighted by Crippen LogP contribution is -2.45. The van der Waals surface area contributed by atoms with Gasteiger partial charge in [0.25, 0.3) is 0 Å². The summed E-state index contributed by atoms with van der Waals surface area (Å²) in [6.45, 7) is 0. The summed E-state index contributed by atoms with van der Waals surface area (Å²) < 4.78 is 0. The van der Waals surface area contributed by atoms with E-state index in [0.717, 1.165) is 31.0 Å². The van der Waals surface area contributed by atoms with Crippen LogP contribution in [0.2, 0.25) is 0 Å². The van der Waals surface area contributed by atoms with Crippen LogP contribution in [-0.4, -0.2) is 34.2 Å². The summed E-state index contributed by atoms with van der Waals surface area (Å²) in [4.78, 5) is 2.72. The van der Waals surface area contributed by atoms with Gasteiger partial charge in [-0.05, 0) is 38.5 Å². The second-order valence-electron chi connectivity index (χ2n) is 4.69. The summed E-state index contributed by atoms with van der Waals surface area (Å²) in [6, 6.07) is 2.40. The maximum atomic E-state index is 9.58. The number of hydrogen-bond acceptors (Lipinski definition) is 2. The van der Waals surface area contributed by atoms with Crippen molar-refractivity contribution in [3.05, 3.63) is 0 Å². The molecule has 76 valence electrons. The van der Waals surface area contributed by atoms with Gasteiger partial charge in [-0.1, -0.05) is 0 Å².